The fourth-order valence-corrected chi connectivity index (χ4v) is 7.48. The molecule has 0 aliphatic carbocycles. The lowest BCUT2D eigenvalue weighted by Gasteiger charge is -2.37. The van der Waals surface area contributed by atoms with Crippen molar-refractivity contribution in [3.05, 3.63) is 106 Å². The van der Waals surface area contributed by atoms with Crippen LogP contribution in [0.15, 0.2) is 67.2 Å². The Balaban J connectivity index is 1.46. The molecule has 0 N–H and O–H groups in total. The number of methoxy groups -OCH3 is 3. The summed E-state index contributed by atoms with van der Waals surface area (Å²) in [4.78, 5) is 4.84. The summed E-state index contributed by atoms with van der Waals surface area (Å²) < 4.78 is 31.5. The second-order valence-corrected chi connectivity index (χ2v) is 13.1. The van der Waals surface area contributed by atoms with Gasteiger partial charge in [0.25, 0.3) is 0 Å². The second-order valence-electron chi connectivity index (χ2n) is 13.1. The number of hydrogen-bond donors (Lipinski definition) is 0. The fourth-order valence-electron chi connectivity index (χ4n) is 7.48. The molecule has 4 aliphatic rings. The van der Waals surface area contributed by atoms with Gasteiger partial charge in [-0.3, -0.25) is 9.80 Å². The maximum absolute atomic E-state index is 7.04. The molecule has 8 rings (SSSR count). The number of hydrogen-bond acceptors (Lipinski definition) is 7. The van der Waals surface area contributed by atoms with E-state index in [0.717, 1.165) is 67.0 Å². The highest BCUT2D eigenvalue weighted by Crippen LogP contribution is 2.51. The van der Waals surface area contributed by atoms with E-state index in [9.17, 15) is 0 Å². The zero-order chi connectivity index (χ0) is 32.8. The van der Waals surface area contributed by atoms with E-state index in [1.54, 1.807) is 21.3 Å². The number of ether oxygens (including phenoxy) is 5. The Kier molecular flexibility index (Phi) is 8.37. The smallest absolute Gasteiger partial charge is 0.204 e. The minimum absolute atomic E-state index is 0.0495. The van der Waals surface area contributed by atoms with Crippen LogP contribution in [-0.2, 0) is 25.7 Å². The zero-order valence-electron chi connectivity index (χ0n) is 28.3. The summed E-state index contributed by atoms with van der Waals surface area (Å²) in [7, 11) is 9.46. The molecule has 244 valence electrons. The molecule has 0 spiro atoms. The SMILES string of the molecule is C=C(C)c1ccc2cc1Oc1ccc(cc1)C[C@H]1c3c(cc(OC)c(OC)c3Oc3cc4c(cc3OC)CCN(C)[C@@H]4C2)CCN1C. The van der Waals surface area contributed by atoms with Crippen molar-refractivity contribution in [1.29, 1.82) is 0 Å². The van der Waals surface area contributed by atoms with Gasteiger partial charge in [0.05, 0.1) is 21.3 Å². The molecule has 2 atom stereocenters. The molecule has 6 bridgehead atoms. The summed E-state index contributed by atoms with van der Waals surface area (Å²) in [6, 6.07) is 21.6. The van der Waals surface area contributed by atoms with Crippen LogP contribution < -0.4 is 23.7 Å². The topological polar surface area (TPSA) is 52.6 Å². The van der Waals surface area contributed by atoms with Crippen LogP contribution in [0.2, 0.25) is 0 Å². The van der Waals surface area contributed by atoms with Gasteiger partial charge in [0.2, 0.25) is 5.75 Å². The Morgan fingerprint density at radius 2 is 1.38 bits per heavy atom. The van der Waals surface area contributed by atoms with Crippen molar-refractivity contribution in [2.24, 2.45) is 0 Å². The van der Waals surface area contributed by atoms with Gasteiger partial charge in [0, 0.05) is 36.3 Å². The van der Waals surface area contributed by atoms with Gasteiger partial charge in [-0.1, -0.05) is 30.8 Å². The fraction of sp³-hybridized carbons (Fsp3) is 0.350. The van der Waals surface area contributed by atoms with E-state index in [0.29, 0.717) is 28.7 Å². The van der Waals surface area contributed by atoms with Gasteiger partial charge in [-0.2, -0.15) is 0 Å². The summed E-state index contributed by atoms with van der Waals surface area (Å²) in [6.45, 7) is 8.14. The molecule has 0 saturated heterocycles. The Morgan fingerprint density at radius 1 is 0.723 bits per heavy atom. The number of allylic oxidation sites excluding steroid dienone is 1. The highest BCUT2D eigenvalue weighted by molar-refractivity contribution is 5.68. The largest absolute Gasteiger partial charge is 0.493 e. The first-order valence-corrected chi connectivity index (χ1v) is 16.4. The molecule has 4 aromatic carbocycles. The van der Waals surface area contributed by atoms with Crippen molar-refractivity contribution in [2.75, 3.05) is 48.5 Å². The quantitative estimate of drug-likeness (QED) is 0.225. The van der Waals surface area contributed by atoms with E-state index in [1.165, 1.54) is 27.8 Å². The van der Waals surface area contributed by atoms with Gasteiger partial charge in [-0.05, 0) is 116 Å². The Bertz CT molecular complexity index is 1830. The number of benzene rings is 4. The number of likely N-dealkylation sites (N-methyl/N-ethyl adjacent to an activating group) is 2. The highest BCUT2D eigenvalue weighted by Gasteiger charge is 2.34. The van der Waals surface area contributed by atoms with Gasteiger partial charge in [-0.25, -0.2) is 0 Å². The van der Waals surface area contributed by atoms with Crippen LogP contribution in [0.5, 0.6) is 40.2 Å². The van der Waals surface area contributed by atoms with Crippen LogP contribution in [-0.4, -0.2) is 58.3 Å². The first-order chi connectivity index (χ1) is 22.8. The number of nitrogens with zero attached hydrogens (tertiary/aromatic N) is 2. The molecule has 7 nitrogen and oxygen atoms in total. The van der Waals surface area contributed by atoms with Gasteiger partial charge in [0.15, 0.2) is 23.0 Å². The third kappa shape index (κ3) is 5.72. The van der Waals surface area contributed by atoms with Gasteiger partial charge < -0.3 is 23.7 Å². The van der Waals surface area contributed by atoms with Crippen LogP contribution >= 0.6 is 0 Å². The molecular formula is C40H44N2O5. The van der Waals surface area contributed by atoms with Crippen LogP contribution in [0.4, 0.5) is 0 Å². The summed E-state index contributed by atoms with van der Waals surface area (Å²) in [5.74, 6) is 4.93. The average Bonchev–Trinajstić information content (AvgIpc) is 3.07. The molecule has 4 aromatic rings. The maximum Gasteiger partial charge on any atom is 0.204 e. The van der Waals surface area contributed by atoms with Crippen molar-refractivity contribution in [1.82, 2.24) is 9.80 Å². The van der Waals surface area contributed by atoms with Crippen molar-refractivity contribution in [2.45, 2.75) is 44.7 Å². The third-order valence-electron chi connectivity index (χ3n) is 10.1. The molecule has 7 heteroatoms. The molecule has 4 heterocycles. The van der Waals surface area contributed by atoms with Crippen molar-refractivity contribution >= 4 is 5.57 Å². The van der Waals surface area contributed by atoms with Crippen molar-refractivity contribution in [3.8, 4) is 40.2 Å². The van der Waals surface area contributed by atoms with Crippen molar-refractivity contribution in [3.63, 3.8) is 0 Å². The normalized spacial score (nSPS) is 19.0. The van der Waals surface area contributed by atoms with Gasteiger partial charge in [0.1, 0.15) is 11.5 Å². The van der Waals surface area contributed by atoms with E-state index >= 15 is 0 Å². The van der Waals surface area contributed by atoms with Gasteiger partial charge >= 0.3 is 0 Å². The predicted octanol–water partition coefficient (Wildman–Crippen LogP) is 8.19. The predicted molar refractivity (Wildman–Crippen MR) is 186 cm³/mol. The minimum atomic E-state index is 0.0495. The van der Waals surface area contributed by atoms with E-state index in [4.69, 9.17) is 23.7 Å². The lowest BCUT2D eigenvalue weighted by atomic mass is 9.87. The molecule has 0 amide bonds. The lowest BCUT2D eigenvalue weighted by molar-refractivity contribution is 0.220. The number of rotatable bonds is 4. The molecular weight excluding hydrogens is 588 g/mol. The summed E-state index contributed by atoms with van der Waals surface area (Å²) >= 11 is 0. The average molecular weight is 633 g/mol. The van der Waals surface area contributed by atoms with Crippen LogP contribution in [0.1, 0.15) is 58.0 Å². The third-order valence-corrected chi connectivity index (χ3v) is 10.1. The zero-order valence-corrected chi connectivity index (χ0v) is 28.3. The summed E-state index contributed by atoms with van der Waals surface area (Å²) in [6.07, 6.45) is 3.41. The molecule has 47 heavy (non-hydrogen) atoms. The Labute approximate surface area is 278 Å². The number of fused-ring (bicyclic) bond motifs is 2. The molecule has 0 aromatic heterocycles. The first kappa shape index (κ1) is 31.2. The van der Waals surface area contributed by atoms with E-state index in [1.807, 2.05) is 6.92 Å². The maximum atomic E-state index is 7.04. The lowest BCUT2D eigenvalue weighted by Crippen LogP contribution is -2.34. The standard InChI is InChI=1S/C40H44N2O5/c1-24(2)30-13-10-26-19-32-31-23-36(35(43-5)21-27(31)14-16-41(32)3)47-40-38-28(22-37(44-6)39(40)45-7)15-17-42(4)33(38)18-25-8-11-29(12-9-25)46-34(30)20-26/h8-13,20-23,32-33H,1,14-19H2,2-7H3/t32-,33+/m1/s1. The molecule has 0 saturated carbocycles. The van der Waals surface area contributed by atoms with Gasteiger partial charge in [-0.15, -0.1) is 0 Å². The second kappa shape index (κ2) is 12.6. The van der Waals surface area contributed by atoms with Crippen molar-refractivity contribution < 1.29 is 23.7 Å². The molecule has 0 fully saturated rings. The van der Waals surface area contributed by atoms with E-state index in [2.05, 4.69) is 91.1 Å². The molecule has 4 aliphatic heterocycles. The molecule has 0 radical (unpaired) electrons. The summed E-state index contributed by atoms with van der Waals surface area (Å²) in [5, 5.41) is 0. The van der Waals surface area contributed by atoms with Crippen LogP contribution in [0.25, 0.3) is 5.57 Å². The van der Waals surface area contributed by atoms with Crippen LogP contribution in [0, 0.1) is 0 Å². The van der Waals surface area contributed by atoms with E-state index in [-0.39, 0.29) is 12.1 Å². The van der Waals surface area contributed by atoms with E-state index < -0.39 is 0 Å². The Morgan fingerprint density at radius 3 is 2.09 bits per heavy atom. The monoisotopic (exact) mass is 632 g/mol. The Hall–Kier alpha value is -4.46. The highest BCUT2D eigenvalue weighted by atomic mass is 16.5. The summed E-state index contributed by atoms with van der Waals surface area (Å²) in [5.41, 5.74) is 9.22. The minimum Gasteiger partial charge on any atom is -0.493 e. The first-order valence-electron chi connectivity index (χ1n) is 16.4. The molecule has 0 unspecified atom stereocenters. The van der Waals surface area contributed by atoms with Crippen LogP contribution in [0.3, 0.4) is 0 Å².